The molecule has 2 aromatic carbocycles. The molecule has 0 aliphatic heterocycles. The monoisotopic (exact) mass is 516 g/mol. The number of rotatable bonds is 10. The first-order chi connectivity index (χ1) is 16.5. The van der Waals surface area contributed by atoms with E-state index in [2.05, 4.69) is 15.2 Å². The van der Waals surface area contributed by atoms with Crippen LogP contribution in [0.1, 0.15) is 16.1 Å². The Balaban J connectivity index is 1.73. The highest BCUT2D eigenvalue weighted by Gasteiger charge is 2.35. The van der Waals surface area contributed by atoms with Crippen molar-refractivity contribution in [1.82, 2.24) is 14.9 Å². The molecule has 11 nitrogen and oxygen atoms in total. The highest BCUT2D eigenvalue weighted by atomic mass is 32.2. The van der Waals surface area contributed by atoms with Gasteiger partial charge >= 0.3 is 5.97 Å². The minimum atomic E-state index is -4.23. The largest absolute Gasteiger partial charge is 0.480 e. The number of carbonyl (C=O) groups is 2. The van der Waals surface area contributed by atoms with Crippen molar-refractivity contribution in [2.24, 2.45) is 16.5 Å². The first-order valence-electron chi connectivity index (χ1n) is 10.3. The molecule has 1 unspecified atom stereocenters. The summed E-state index contributed by atoms with van der Waals surface area (Å²) >= 11 is 1.14. The Labute approximate surface area is 206 Å². The molecule has 3 rings (SSSR count). The van der Waals surface area contributed by atoms with E-state index in [9.17, 15) is 23.1 Å². The summed E-state index contributed by atoms with van der Waals surface area (Å²) in [6.07, 6.45) is -0.303. The van der Waals surface area contributed by atoms with Gasteiger partial charge in [-0.2, -0.15) is 4.72 Å². The zero-order valence-corrected chi connectivity index (χ0v) is 20.5. The molecule has 0 radical (unpaired) electrons. The molecule has 0 spiro atoms. The number of carboxylic acids is 1. The zero-order valence-electron chi connectivity index (χ0n) is 18.9. The van der Waals surface area contributed by atoms with Crippen LogP contribution in [0.5, 0.6) is 0 Å². The van der Waals surface area contributed by atoms with Crippen molar-refractivity contribution >= 4 is 38.9 Å². The van der Waals surface area contributed by atoms with Gasteiger partial charge in [-0.05, 0) is 24.6 Å². The molecule has 0 bridgehead atoms. The number of carboxylic acid groups (broad SMARTS) is 1. The molecule has 0 saturated carbocycles. The number of Topliss-reactive ketones (excluding diaryl/α,β-unsaturated/α-hetero) is 1. The van der Waals surface area contributed by atoms with Crippen LogP contribution in [0.15, 0.2) is 58.4 Å². The molecule has 0 fully saturated rings. The molecule has 0 amide bonds. The van der Waals surface area contributed by atoms with Gasteiger partial charge in [0, 0.05) is 18.2 Å². The summed E-state index contributed by atoms with van der Waals surface area (Å²) < 4.78 is 27.3. The van der Waals surface area contributed by atoms with Crippen molar-refractivity contribution in [2.45, 2.75) is 30.3 Å². The van der Waals surface area contributed by atoms with Crippen LogP contribution in [0.3, 0.4) is 0 Å². The van der Waals surface area contributed by atoms with E-state index in [0.717, 1.165) is 22.5 Å². The lowest BCUT2D eigenvalue weighted by Gasteiger charge is -2.20. The number of nitrogens with two attached hydrogens (primary N) is 2. The lowest BCUT2D eigenvalue weighted by atomic mass is 10.0. The van der Waals surface area contributed by atoms with Gasteiger partial charge in [-0.1, -0.05) is 47.7 Å². The van der Waals surface area contributed by atoms with E-state index in [-0.39, 0.29) is 11.3 Å². The summed E-state index contributed by atoms with van der Waals surface area (Å²) in [5.74, 6) is -1.88. The van der Waals surface area contributed by atoms with Gasteiger partial charge in [-0.25, -0.2) is 8.42 Å². The topological polar surface area (TPSA) is 191 Å². The molecule has 35 heavy (non-hydrogen) atoms. The highest BCUT2D eigenvalue weighted by Crippen LogP contribution is 2.24. The van der Waals surface area contributed by atoms with E-state index in [4.69, 9.17) is 11.5 Å². The lowest BCUT2D eigenvalue weighted by Crippen LogP contribution is -2.56. The van der Waals surface area contributed by atoms with Crippen LogP contribution >= 0.6 is 11.3 Å². The zero-order chi connectivity index (χ0) is 25.8. The standard InChI is InChI=1S/C22H24N6O5S2/c1-12-4-3-5-15(10-12)35(32,33)28-19(22(30)31)18(23)16(29)11-17-26-27-21(34-17)14-8-6-13(7-9-14)20(24)25-2/h3-10,18-19,28H,11,23H2,1-2H3,(H2,24,25)(H,30,31)/t18-,19?/m1/s1. The van der Waals surface area contributed by atoms with Crippen LogP contribution in [-0.2, 0) is 26.0 Å². The smallest absolute Gasteiger partial charge is 0.323 e. The number of sulfonamides is 1. The number of aliphatic carboxylic acids is 1. The second kappa shape index (κ2) is 10.8. The minimum absolute atomic E-state index is 0.129. The Kier molecular flexibility index (Phi) is 8.07. The van der Waals surface area contributed by atoms with Gasteiger partial charge in [0.25, 0.3) is 0 Å². The SMILES string of the molecule is CN=C(N)c1ccc(-c2nnc(CC(=O)[C@@H](N)C(NS(=O)(=O)c3cccc(C)c3)C(=O)O)s2)cc1. The summed E-state index contributed by atoms with van der Waals surface area (Å²) in [7, 11) is -2.64. The number of hydrogen-bond acceptors (Lipinski definition) is 9. The van der Waals surface area contributed by atoms with Crippen LogP contribution < -0.4 is 16.2 Å². The van der Waals surface area contributed by atoms with E-state index in [1.165, 1.54) is 18.2 Å². The fourth-order valence-electron chi connectivity index (χ4n) is 3.10. The number of amidine groups is 1. The Hall–Kier alpha value is -3.52. The summed E-state index contributed by atoms with van der Waals surface area (Å²) in [4.78, 5) is 28.3. The first-order valence-corrected chi connectivity index (χ1v) is 12.6. The average Bonchev–Trinajstić information content (AvgIpc) is 3.30. The number of nitrogens with one attached hydrogen (secondary N) is 1. The van der Waals surface area contributed by atoms with Crippen LogP contribution in [-0.4, -0.2) is 60.4 Å². The van der Waals surface area contributed by atoms with Crippen LogP contribution in [0.2, 0.25) is 0 Å². The van der Waals surface area contributed by atoms with Crippen LogP contribution in [0.25, 0.3) is 10.6 Å². The maximum Gasteiger partial charge on any atom is 0.323 e. The molecule has 1 heterocycles. The Morgan fingerprint density at radius 1 is 1.17 bits per heavy atom. The van der Waals surface area contributed by atoms with Gasteiger partial charge in [0.2, 0.25) is 10.0 Å². The van der Waals surface area contributed by atoms with Gasteiger partial charge in [0.15, 0.2) is 5.78 Å². The molecule has 13 heteroatoms. The number of ketones is 1. The number of benzene rings is 2. The molecule has 3 aromatic rings. The summed E-state index contributed by atoms with van der Waals surface area (Å²) in [5, 5.41) is 18.4. The molecular weight excluding hydrogens is 492 g/mol. The van der Waals surface area contributed by atoms with Gasteiger partial charge in [0.1, 0.15) is 21.9 Å². The number of nitrogens with zero attached hydrogens (tertiary/aromatic N) is 3. The van der Waals surface area contributed by atoms with Crippen molar-refractivity contribution in [1.29, 1.82) is 0 Å². The van der Waals surface area contributed by atoms with Crippen LogP contribution in [0, 0.1) is 6.92 Å². The van der Waals surface area contributed by atoms with Crippen molar-refractivity contribution in [3.05, 3.63) is 64.7 Å². The molecule has 1 aromatic heterocycles. The number of aliphatic imine (C=N–C) groups is 1. The predicted octanol–water partition coefficient (Wildman–Crippen LogP) is 0.719. The molecule has 6 N–H and O–H groups in total. The Morgan fingerprint density at radius 2 is 1.86 bits per heavy atom. The van der Waals surface area contributed by atoms with Gasteiger partial charge in [-0.15, -0.1) is 10.2 Å². The third-order valence-electron chi connectivity index (χ3n) is 5.04. The molecule has 0 saturated heterocycles. The quantitative estimate of drug-likeness (QED) is 0.222. The fraction of sp³-hybridized carbons (Fsp3) is 0.227. The number of aromatic nitrogens is 2. The average molecular weight is 517 g/mol. The maximum atomic E-state index is 12.7. The normalized spacial score (nSPS) is 13.9. The third-order valence-corrected chi connectivity index (χ3v) is 7.45. The number of hydrogen-bond donors (Lipinski definition) is 4. The highest BCUT2D eigenvalue weighted by molar-refractivity contribution is 7.89. The van der Waals surface area contributed by atoms with Crippen LogP contribution in [0.4, 0.5) is 0 Å². The van der Waals surface area contributed by atoms with E-state index in [1.807, 2.05) is 4.72 Å². The van der Waals surface area contributed by atoms with Crippen molar-refractivity contribution in [2.75, 3.05) is 7.05 Å². The van der Waals surface area contributed by atoms with E-state index >= 15 is 0 Å². The Bertz CT molecular complexity index is 1370. The summed E-state index contributed by atoms with van der Waals surface area (Å²) in [5.41, 5.74) is 13.8. The summed E-state index contributed by atoms with van der Waals surface area (Å²) in [6, 6.07) is 9.54. The van der Waals surface area contributed by atoms with Gasteiger partial charge < -0.3 is 16.6 Å². The second-order valence-corrected chi connectivity index (χ2v) is 10.4. The molecule has 2 atom stereocenters. The number of carbonyl (C=O) groups excluding carboxylic acids is 1. The molecule has 0 aliphatic rings. The number of aryl methyl sites for hydroxylation is 1. The van der Waals surface area contributed by atoms with E-state index in [0.29, 0.717) is 21.4 Å². The third kappa shape index (κ3) is 6.33. The van der Waals surface area contributed by atoms with Gasteiger partial charge in [-0.3, -0.25) is 14.6 Å². The fourth-order valence-corrected chi connectivity index (χ4v) is 5.27. The van der Waals surface area contributed by atoms with Crippen molar-refractivity contribution in [3.8, 4) is 10.6 Å². The minimum Gasteiger partial charge on any atom is -0.480 e. The van der Waals surface area contributed by atoms with E-state index in [1.54, 1.807) is 44.3 Å². The lowest BCUT2D eigenvalue weighted by molar-refractivity contribution is -0.141. The Morgan fingerprint density at radius 3 is 2.46 bits per heavy atom. The first kappa shape index (κ1) is 26.1. The molecule has 0 aliphatic carbocycles. The predicted molar refractivity (Wildman–Crippen MR) is 132 cm³/mol. The summed E-state index contributed by atoms with van der Waals surface area (Å²) in [6.45, 7) is 1.70. The van der Waals surface area contributed by atoms with Gasteiger partial charge in [0.05, 0.1) is 17.4 Å². The second-order valence-electron chi connectivity index (χ2n) is 7.61. The molecule has 184 valence electrons. The van der Waals surface area contributed by atoms with Crippen molar-refractivity contribution in [3.63, 3.8) is 0 Å². The van der Waals surface area contributed by atoms with E-state index < -0.39 is 33.9 Å². The maximum absolute atomic E-state index is 12.7. The molecular formula is C22H24N6O5S2. The van der Waals surface area contributed by atoms with Crippen molar-refractivity contribution < 1.29 is 23.1 Å².